The molecule has 1 aromatic heterocycles. The normalized spacial score (nSPS) is 20.4. The van der Waals surface area contributed by atoms with Gasteiger partial charge in [0, 0.05) is 13.1 Å². The van der Waals surface area contributed by atoms with Gasteiger partial charge in [0.2, 0.25) is 0 Å². The summed E-state index contributed by atoms with van der Waals surface area (Å²) in [6.07, 6.45) is 1.23. The van der Waals surface area contributed by atoms with Gasteiger partial charge in [-0.15, -0.1) is 0 Å². The molecule has 0 spiro atoms. The van der Waals surface area contributed by atoms with E-state index in [4.69, 9.17) is 16.9 Å². The van der Waals surface area contributed by atoms with E-state index in [-0.39, 0.29) is 0 Å². The smallest absolute Gasteiger partial charge is 0.185 e. The Balaban J connectivity index is 1.84. The number of likely N-dealkylation sites (tertiary alicyclic amines) is 1. The Kier molecular flexibility index (Phi) is 4.21. The third-order valence-corrected chi connectivity index (χ3v) is 4.35. The van der Waals surface area contributed by atoms with Gasteiger partial charge in [0.15, 0.2) is 10.3 Å². The van der Waals surface area contributed by atoms with E-state index in [2.05, 4.69) is 22.1 Å². The Hall–Kier alpha value is -0.830. The lowest BCUT2D eigenvalue weighted by Crippen LogP contribution is -2.22. The first-order chi connectivity index (χ1) is 8.22. The first-order valence-corrected chi connectivity index (χ1v) is 6.95. The summed E-state index contributed by atoms with van der Waals surface area (Å²) in [4.78, 5) is 7.05. The van der Waals surface area contributed by atoms with E-state index in [9.17, 15) is 0 Å². The number of halogens is 1. The lowest BCUT2D eigenvalue weighted by Gasteiger charge is -2.13. The molecule has 0 amide bonds. The third kappa shape index (κ3) is 3.09. The lowest BCUT2D eigenvalue weighted by atomic mass is 10.1. The van der Waals surface area contributed by atoms with Crippen LogP contribution in [0, 0.1) is 17.2 Å². The summed E-state index contributed by atoms with van der Waals surface area (Å²) in [6, 6.07) is 2.04. The maximum atomic E-state index is 8.78. The lowest BCUT2D eigenvalue weighted by molar-refractivity contribution is 0.345. The highest BCUT2D eigenvalue weighted by Crippen LogP contribution is 2.26. The summed E-state index contributed by atoms with van der Waals surface area (Å²) in [7, 11) is 0. The Morgan fingerprint density at radius 1 is 1.71 bits per heavy atom. The summed E-state index contributed by atoms with van der Waals surface area (Å²) in [5.74, 6) is 0.670. The number of aromatic nitrogens is 1. The van der Waals surface area contributed by atoms with Gasteiger partial charge in [0.05, 0.1) is 0 Å². The molecule has 0 aliphatic carbocycles. The first kappa shape index (κ1) is 12.6. The molecule has 1 N–H and O–H groups in total. The van der Waals surface area contributed by atoms with Crippen LogP contribution in [0.25, 0.3) is 0 Å². The zero-order chi connectivity index (χ0) is 12.3. The minimum absolute atomic E-state index is 0.307. The van der Waals surface area contributed by atoms with E-state index in [1.54, 1.807) is 0 Å². The van der Waals surface area contributed by atoms with Gasteiger partial charge in [0.25, 0.3) is 0 Å². The predicted octanol–water partition coefficient (Wildman–Crippen LogP) is 2.42. The molecule has 1 saturated heterocycles. The van der Waals surface area contributed by atoms with Crippen LogP contribution in [-0.4, -0.2) is 36.1 Å². The van der Waals surface area contributed by atoms with Gasteiger partial charge in [-0.2, -0.15) is 5.26 Å². The van der Waals surface area contributed by atoms with Crippen molar-refractivity contribution in [3.05, 3.63) is 10.0 Å². The molecule has 1 aliphatic heterocycles. The molecule has 1 aromatic rings. The zero-order valence-electron chi connectivity index (χ0n) is 9.74. The van der Waals surface area contributed by atoms with E-state index < -0.39 is 0 Å². The average molecular weight is 271 g/mol. The maximum Gasteiger partial charge on any atom is 0.185 e. The summed E-state index contributed by atoms with van der Waals surface area (Å²) < 4.78 is 0. The van der Waals surface area contributed by atoms with E-state index in [1.807, 2.05) is 6.07 Å². The summed E-state index contributed by atoms with van der Waals surface area (Å²) in [5.41, 5.74) is 0. The molecule has 92 valence electrons. The molecule has 2 rings (SSSR count). The summed E-state index contributed by atoms with van der Waals surface area (Å²) in [5, 5.41) is 13.1. The fraction of sp³-hybridized carbons (Fsp3) is 0.636. The summed E-state index contributed by atoms with van der Waals surface area (Å²) in [6.45, 7) is 6.55. The van der Waals surface area contributed by atoms with Gasteiger partial charge in [-0.25, -0.2) is 4.98 Å². The molecule has 0 saturated carbocycles. The molecule has 6 heteroatoms. The monoisotopic (exact) mass is 270 g/mol. The number of thiazole rings is 1. The van der Waals surface area contributed by atoms with Crippen LogP contribution in [0.4, 0.5) is 5.13 Å². The Labute approximate surface area is 110 Å². The van der Waals surface area contributed by atoms with Crippen molar-refractivity contribution in [2.75, 3.05) is 31.5 Å². The second-order valence-corrected chi connectivity index (χ2v) is 5.54. The predicted molar refractivity (Wildman–Crippen MR) is 70.5 cm³/mol. The van der Waals surface area contributed by atoms with E-state index in [1.165, 1.54) is 24.3 Å². The fourth-order valence-corrected chi connectivity index (χ4v) is 3.00. The van der Waals surface area contributed by atoms with Gasteiger partial charge >= 0.3 is 0 Å². The quantitative estimate of drug-likeness (QED) is 0.913. The minimum Gasteiger partial charge on any atom is -0.361 e. The largest absolute Gasteiger partial charge is 0.361 e. The molecule has 0 radical (unpaired) electrons. The molecule has 1 atom stereocenters. The van der Waals surface area contributed by atoms with Crippen molar-refractivity contribution in [1.82, 2.24) is 9.88 Å². The van der Waals surface area contributed by atoms with E-state index in [0.717, 1.165) is 24.8 Å². The van der Waals surface area contributed by atoms with Crippen molar-refractivity contribution >= 4 is 28.1 Å². The number of hydrogen-bond donors (Lipinski definition) is 1. The number of anilines is 1. The molecule has 1 fully saturated rings. The molecule has 0 bridgehead atoms. The molecule has 1 unspecified atom stereocenters. The zero-order valence-corrected chi connectivity index (χ0v) is 11.3. The van der Waals surface area contributed by atoms with Crippen LogP contribution in [0.2, 0.25) is 5.15 Å². The van der Waals surface area contributed by atoms with Crippen LogP contribution in [0.5, 0.6) is 0 Å². The van der Waals surface area contributed by atoms with Gasteiger partial charge in [0.1, 0.15) is 10.9 Å². The molecule has 1 aliphatic rings. The average Bonchev–Trinajstić information content (AvgIpc) is 2.92. The number of nitriles is 1. The molecule has 17 heavy (non-hydrogen) atoms. The van der Waals surface area contributed by atoms with Crippen molar-refractivity contribution in [2.45, 2.75) is 13.3 Å². The highest BCUT2D eigenvalue weighted by Gasteiger charge is 2.21. The van der Waals surface area contributed by atoms with Gasteiger partial charge in [-0.05, 0) is 25.4 Å². The summed E-state index contributed by atoms with van der Waals surface area (Å²) >= 11 is 7.14. The Morgan fingerprint density at radius 2 is 2.53 bits per heavy atom. The highest BCUT2D eigenvalue weighted by atomic mass is 35.5. The first-order valence-electron chi connectivity index (χ1n) is 5.75. The number of rotatable bonds is 4. The third-order valence-electron chi connectivity index (χ3n) is 3.05. The van der Waals surface area contributed by atoms with Gasteiger partial charge < -0.3 is 10.2 Å². The molecular weight excluding hydrogens is 256 g/mol. The molecule has 0 aromatic carbocycles. The van der Waals surface area contributed by atoms with Crippen LogP contribution < -0.4 is 5.32 Å². The molecule has 2 heterocycles. The standard InChI is InChI=1S/C11H15ClN4S/c1-2-16-4-3-8(7-16)6-14-11-15-10(12)9(5-13)17-11/h8H,2-4,6-7H2,1H3,(H,14,15). The molecule has 4 nitrogen and oxygen atoms in total. The van der Waals surface area contributed by atoms with Gasteiger partial charge in [-0.1, -0.05) is 29.9 Å². The van der Waals surface area contributed by atoms with Crippen molar-refractivity contribution in [1.29, 1.82) is 5.26 Å². The number of hydrogen-bond acceptors (Lipinski definition) is 5. The van der Waals surface area contributed by atoms with Crippen molar-refractivity contribution in [3.63, 3.8) is 0 Å². The number of nitrogens with one attached hydrogen (secondary N) is 1. The van der Waals surface area contributed by atoms with Crippen LogP contribution in [0.15, 0.2) is 0 Å². The molecular formula is C11H15ClN4S. The van der Waals surface area contributed by atoms with Crippen LogP contribution >= 0.6 is 22.9 Å². The van der Waals surface area contributed by atoms with Crippen LogP contribution in [0.1, 0.15) is 18.2 Å². The minimum atomic E-state index is 0.307. The second-order valence-electron chi connectivity index (χ2n) is 4.18. The van der Waals surface area contributed by atoms with Crippen molar-refractivity contribution < 1.29 is 0 Å². The SMILES string of the molecule is CCN1CCC(CNc2nc(Cl)c(C#N)s2)C1. The van der Waals surface area contributed by atoms with Crippen LogP contribution in [0.3, 0.4) is 0 Å². The van der Waals surface area contributed by atoms with E-state index >= 15 is 0 Å². The Morgan fingerprint density at radius 3 is 3.12 bits per heavy atom. The van der Waals surface area contributed by atoms with Crippen molar-refractivity contribution in [2.24, 2.45) is 5.92 Å². The van der Waals surface area contributed by atoms with Crippen molar-refractivity contribution in [3.8, 4) is 6.07 Å². The fourth-order valence-electron chi connectivity index (χ4n) is 2.04. The Bertz CT molecular complexity index is 426. The topological polar surface area (TPSA) is 52.0 Å². The van der Waals surface area contributed by atoms with Gasteiger partial charge in [-0.3, -0.25) is 0 Å². The van der Waals surface area contributed by atoms with E-state index in [0.29, 0.717) is 15.9 Å². The maximum absolute atomic E-state index is 8.78. The highest BCUT2D eigenvalue weighted by molar-refractivity contribution is 7.16. The number of nitrogens with zero attached hydrogens (tertiary/aromatic N) is 3. The second kappa shape index (κ2) is 5.67. The van der Waals surface area contributed by atoms with Crippen LogP contribution in [-0.2, 0) is 0 Å².